The van der Waals surface area contributed by atoms with E-state index in [1.165, 1.54) is 58.2 Å². The van der Waals surface area contributed by atoms with Crippen LogP contribution in [-0.4, -0.2) is 47.1 Å². The molecule has 2 heteroatoms. The monoisotopic (exact) mass is 250 g/mol. The number of piperidine rings is 1. The molecule has 2 unspecified atom stereocenters. The van der Waals surface area contributed by atoms with E-state index in [1.54, 1.807) is 0 Å². The standard InChI is InChI=1S/C16H30N2/c1-4-14-11-17-10-6-5-7-15(17)12-18(14)16(2,3)13-8-9-13/h13-15H,4-12H2,1-3H3. The first-order valence-corrected chi connectivity index (χ1v) is 8.13. The van der Waals surface area contributed by atoms with E-state index in [1.807, 2.05) is 0 Å². The summed E-state index contributed by atoms with van der Waals surface area (Å²) in [5.41, 5.74) is 0.449. The maximum Gasteiger partial charge on any atom is 0.0226 e. The molecule has 2 heterocycles. The average molecular weight is 250 g/mol. The van der Waals surface area contributed by atoms with Crippen LogP contribution < -0.4 is 0 Å². The summed E-state index contributed by atoms with van der Waals surface area (Å²) in [5, 5.41) is 0. The van der Waals surface area contributed by atoms with Gasteiger partial charge in [-0.3, -0.25) is 9.80 Å². The normalized spacial score (nSPS) is 35.5. The van der Waals surface area contributed by atoms with Crippen molar-refractivity contribution in [3.8, 4) is 0 Å². The molecule has 1 aliphatic carbocycles. The van der Waals surface area contributed by atoms with Crippen LogP contribution in [0.4, 0.5) is 0 Å². The molecule has 0 bridgehead atoms. The third-order valence-corrected chi connectivity index (χ3v) is 5.83. The lowest BCUT2D eigenvalue weighted by Gasteiger charge is -2.54. The predicted molar refractivity (Wildman–Crippen MR) is 76.8 cm³/mol. The molecule has 0 aromatic heterocycles. The van der Waals surface area contributed by atoms with Crippen LogP contribution >= 0.6 is 0 Å². The number of nitrogens with zero attached hydrogens (tertiary/aromatic N) is 2. The van der Waals surface area contributed by atoms with Crippen LogP contribution in [0.1, 0.15) is 59.3 Å². The van der Waals surface area contributed by atoms with Crippen molar-refractivity contribution < 1.29 is 0 Å². The van der Waals surface area contributed by atoms with Crippen molar-refractivity contribution in [1.82, 2.24) is 9.80 Å². The molecule has 3 fully saturated rings. The first kappa shape index (κ1) is 12.9. The van der Waals surface area contributed by atoms with Gasteiger partial charge < -0.3 is 0 Å². The fraction of sp³-hybridized carbons (Fsp3) is 1.00. The Kier molecular flexibility index (Phi) is 3.44. The van der Waals surface area contributed by atoms with Gasteiger partial charge in [0.2, 0.25) is 0 Å². The summed E-state index contributed by atoms with van der Waals surface area (Å²) in [5.74, 6) is 0.974. The Morgan fingerprint density at radius 2 is 1.83 bits per heavy atom. The largest absolute Gasteiger partial charge is 0.298 e. The second-order valence-electron chi connectivity index (χ2n) is 7.29. The van der Waals surface area contributed by atoms with Crippen LogP contribution in [0.5, 0.6) is 0 Å². The Morgan fingerprint density at radius 1 is 1.06 bits per heavy atom. The zero-order valence-electron chi connectivity index (χ0n) is 12.5. The first-order valence-electron chi connectivity index (χ1n) is 8.13. The molecule has 3 rings (SSSR count). The molecule has 0 amide bonds. The van der Waals surface area contributed by atoms with E-state index in [0.29, 0.717) is 5.54 Å². The third-order valence-electron chi connectivity index (χ3n) is 5.83. The first-order chi connectivity index (χ1) is 8.63. The van der Waals surface area contributed by atoms with E-state index >= 15 is 0 Å². The van der Waals surface area contributed by atoms with Gasteiger partial charge in [0.1, 0.15) is 0 Å². The van der Waals surface area contributed by atoms with Gasteiger partial charge >= 0.3 is 0 Å². The highest BCUT2D eigenvalue weighted by molar-refractivity contribution is 5.02. The fourth-order valence-corrected chi connectivity index (χ4v) is 4.33. The quantitative estimate of drug-likeness (QED) is 0.759. The Bertz CT molecular complexity index is 295. The van der Waals surface area contributed by atoms with Crippen molar-refractivity contribution in [3.05, 3.63) is 0 Å². The van der Waals surface area contributed by atoms with Gasteiger partial charge in [-0.05, 0) is 58.4 Å². The summed E-state index contributed by atoms with van der Waals surface area (Å²) in [4.78, 5) is 5.67. The SMILES string of the molecule is CCC1CN2CCCCC2CN1C(C)(C)C1CC1. The molecule has 0 spiro atoms. The molecule has 0 N–H and O–H groups in total. The molecular weight excluding hydrogens is 220 g/mol. The smallest absolute Gasteiger partial charge is 0.0226 e. The molecule has 18 heavy (non-hydrogen) atoms. The molecule has 2 atom stereocenters. The lowest BCUT2D eigenvalue weighted by atomic mass is 9.88. The van der Waals surface area contributed by atoms with Crippen molar-refractivity contribution in [2.45, 2.75) is 76.9 Å². The molecule has 2 saturated heterocycles. The summed E-state index contributed by atoms with van der Waals surface area (Å²) >= 11 is 0. The fourth-order valence-electron chi connectivity index (χ4n) is 4.33. The van der Waals surface area contributed by atoms with Crippen molar-refractivity contribution in [1.29, 1.82) is 0 Å². The Hall–Kier alpha value is -0.0800. The highest BCUT2D eigenvalue weighted by atomic mass is 15.3. The van der Waals surface area contributed by atoms with Crippen molar-refractivity contribution >= 4 is 0 Å². The minimum Gasteiger partial charge on any atom is -0.298 e. The summed E-state index contributed by atoms with van der Waals surface area (Å²) < 4.78 is 0. The molecule has 1 saturated carbocycles. The molecule has 104 valence electrons. The van der Waals surface area contributed by atoms with E-state index in [0.717, 1.165) is 18.0 Å². The average Bonchev–Trinajstić information content (AvgIpc) is 3.21. The Morgan fingerprint density at radius 3 is 2.50 bits per heavy atom. The molecular formula is C16H30N2. The number of hydrogen-bond donors (Lipinski definition) is 0. The van der Waals surface area contributed by atoms with Crippen molar-refractivity contribution in [3.63, 3.8) is 0 Å². The van der Waals surface area contributed by atoms with E-state index in [4.69, 9.17) is 0 Å². The molecule has 2 aliphatic heterocycles. The van der Waals surface area contributed by atoms with Gasteiger partial charge in [-0.2, -0.15) is 0 Å². The lowest BCUT2D eigenvalue weighted by Crippen LogP contribution is -2.65. The Labute approximate surface area is 113 Å². The summed E-state index contributed by atoms with van der Waals surface area (Å²) in [7, 11) is 0. The van der Waals surface area contributed by atoms with Crippen LogP contribution in [0, 0.1) is 5.92 Å². The number of hydrogen-bond acceptors (Lipinski definition) is 2. The summed E-state index contributed by atoms with van der Waals surface area (Å²) in [6.45, 7) is 11.4. The van der Waals surface area contributed by atoms with Gasteiger partial charge in [0.25, 0.3) is 0 Å². The molecule has 2 nitrogen and oxygen atoms in total. The number of rotatable bonds is 3. The van der Waals surface area contributed by atoms with Crippen LogP contribution in [-0.2, 0) is 0 Å². The zero-order valence-corrected chi connectivity index (χ0v) is 12.5. The topological polar surface area (TPSA) is 6.48 Å². The van der Waals surface area contributed by atoms with Gasteiger partial charge in [-0.15, -0.1) is 0 Å². The maximum absolute atomic E-state index is 2.89. The summed E-state index contributed by atoms with van der Waals surface area (Å²) in [6, 6.07) is 1.66. The minimum atomic E-state index is 0.449. The molecule has 0 aromatic rings. The minimum absolute atomic E-state index is 0.449. The van der Waals surface area contributed by atoms with Crippen LogP contribution in [0.15, 0.2) is 0 Å². The van der Waals surface area contributed by atoms with E-state index in [9.17, 15) is 0 Å². The molecule has 3 aliphatic rings. The number of fused-ring (bicyclic) bond motifs is 1. The Balaban J connectivity index is 1.75. The second-order valence-corrected chi connectivity index (χ2v) is 7.29. The second kappa shape index (κ2) is 4.79. The third kappa shape index (κ3) is 2.22. The van der Waals surface area contributed by atoms with E-state index in [2.05, 4.69) is 30.6 Å². The van der Waals surface area contributed by atoms with Gasteiger partial charge in [0, 0.05) is 30.7 Å². The van der Waals surface area contributed by atoms with E-state index in [-0.39, 0.29) is 0 Å². The number of piperazine rings is 1. The van der Waals surface area contributed by atoms with Crippen molar-refractivity contribution in [2.75, 3.05) is 19.6 Å². The van der Waals surface area contributed by atoms with Gasteiger partial charge in [-0.1, -0.05) is 13.3 Å². The molecule has 0 aromatic carbocycles. The highest BCUT2D eigenvalue weighted by Crippen LogP contribution is 2.45. The van der Waals surface area contributed by atoms with E-state index < -0.39 is 0 Å². The van der Waals surface area contributed by atoms with Gasteiger partial charge in [0.15, 0.2) is 0 Å². The van der Waals surface area contributed by atoms with Crippen molar-refractivity contribution in [2.24, 2.45) is 5.92 Å². The highest BCUT2D eigenvalue weighted by Gasteiger charge is 2.47. The van der Waals surface area contributed by atoms with Crippen LogP contribution in [0.25, 0.3) is 0 Å². The lowest BCUT2D eigenvalue weighted by molar-refractivity contribution is -0.0503. The van der Waals surface area contributed by atoms with Crippen LogP contribution in [0.2, 0.25) is 0 Å². The zero-order chi connectivity index (χ0) is 12.8. The maximum atomic E-state index is 2.89. The molecule has 0 radical (unpaired) electrons. The van der Waals surface area contributed by atoms with Gasteiger partial charge in [-0.25, -0.2) is 0 Å². The van der Waals surface area contributed by atoms with Crippen LogP contribution in [0.3, 0.4) is 0 Å². The van der Waals surface area contributed by atoms with Gasteiger partial charge in [0.05, 0.1) is 0 Å². The summed E-state index contributed by atoms with van der Waals surface area (Å²) in [6.07, 6.45) is 8.57. The predicted octanol–water partition coefficient (Wildman–Crippen LogP) is 3.12.